The molecule has 0 atom stereocenters. The second kappa shape index (κ2) is 11.5. The summed E-state index contributed by atoms with van der Waals surface area (Å²) in [6.45, 7) is 7.07. The van der Waals surface area contributed by atoms with Crippen LogP contribution in [0.3, 0.4) is 0 Å². The minimum Gasteiger partial charge on any atom is -0.624 e. The van der Waals surface area contributed by atoms with Crippen molar-refractivity contribution >= 4 is 23.3 Å². The van der Waals surface area contributed by atoms with Gasteiger partial charge in [0, 0.05) is 36.6 Å². The summed E-state index contributed by atoms with van der Waals surface area (Å²) in [4.78, 5) is 15.1. The standard InChI is InChI=1S/C29H30F3N5O3/c1-4-18-13-33-29(34-14-18)36-7-5-19(6-8-36)16-39-26-23(31)11-21(12-24(26)32)28-35-25-10-20(15-37(38)17(2)3)9-22(30)27(25)40-28/h9-15,17,19H,4-8,16H2,1-3H3. The van der Waals surface area contributed by atoms with Gasteiger partial charge in [0.25, 0.3) is 0 Å². The van der Waals surface area contributed by atoms with Gasteiger partial charge in [-0.15, -0.1) is 0 Å². The number of benzene rings is 2. The normalized spacial score (nSPS) is 14.9. The summed E-state index contributed by atoms with van der Waals surface area (Å²) < 4.78 is 56.2. The average Bonchev–Trinajstić information content (AvgIpc) is 3.38. The average molecular weight is 554 g/mol. The van der Waals surface area contributed by atoms with Gasteiger partial charge in [-0.25, -0.2) is 32.9 Å². The molecule has 0 saturated carbocycles. The van der Waals surface area contributed by atoms with Crippen molar-refractivity contribution in [1.29, 1.82) is 0 Å². The number of ether oxygens (including phenoxy) is 1. The van der Waals surface area contributed by atoms with Crippen molar-refractivity contribution in [3.05, 3.63) is 70.4 Å². The minimum atomic E-state index is -0.910. The van der Waals surface area contributed by atoms with Gasteiger partial charge in [0.1, 0.15) is 5.52 Å². The summed E-state index contributed by atoms with van der Waals surface area (Å²) >= 11 is 0. The van der Waals surface area contributed by atoms with Gasteiger partial charge in [0.05, 0.1) is 6.61 Å². The van der Waals surface area contributed by atoms with Crippen molar-refractivity contribution in [2.75, 3.05) is 24.6 Å². The number of hydrogen-bond acceptors (Lipinski definition) is 7. The molecular weight excluding hydrogens is 523 g/mol. The number of aryl methyl sites for hydroxylation is 1. The van der Waals surface area contributed by atoms with E-state index in [1.54, 1.807) is 13.8 Å². The summed E-state index contributed by atoms with van der Waals surface area (Å²) in [6, 6.07) is 4.38. The maximum atomic E-state index is 14.9. The summed E-state index contributed by atoms with van der Waals surface area (Å²) in [5.41, 5.74) is 1.32. The highest BCUT2D eigenvalue weighted by molar-refractivity contribution is 5.86. The van der Waals surface area contributed by atoms with Crippen LogP contribution in [-0.2, 0) is 6.42 Å². The second-order valence-corrected chi connectivity index (χ2v) is 10.2. The Balaban J connectivity index is 1.25. The van der Waals surface area contributed by atoms with E-state index in [4.69, 9.17) is 9.15 Å². The fourth-order valence-corrected chi connectivity index (χ4v) is 4.52. The van der Waals surface area contributed by atoms with Gasteiger partial charge in [-0.05, 0) is 68.9 Å². The number of nitrogens with zero attached hydrogens (tertiary/aromatic N) is 5. The van der Waals surface area contributed by atoms with Crippen LogP contribution in [0.15, 0.2) is 41.1 Å². The van der Waals surface area contributed by atoms with E-state index in [0.717, 1.165) is 56.1 Å². The van der Waals surface area contributed by atoms with Crippen molar-refractivity contribution in [2.45, 2.75) is 46.1 Å². The molecule has 8 nitrogen and oxygen atoms in total. The Kier molecular flexibility index (Phi) is 7.90. The van der Waals surface area contributed by atoms with E-state index in [0.29, 0.717) is 16.3 Å². The molecule has 0 amide bonds. The molecule has 0 bridgehead atoms. The fraction of sp³-hybridized carbons (Fsp3) is 0.379. The fourth-order valence-electron chi connectivity index (χ4n) is 4.52. The molecule has 2 aromatic heterocycles. The number of anilines is 1. The molecule has 3 heterocycles. The molecule has 1 aliphatic heterocycles. The van der Waals surface area contributed by atoms with Gasteiger partial charge in [-0.3, -0.25) is 0 Å². The van der Waals surface area contributed by atoms with E-state index in [-0.39, 0.29) is 41.1 Å². The lowest BCUT2D eigenvalue weighted by Crippen LogP contribution is -2.36. The van der Waals surface area contributed by atoms with E-state index in [2.05, 4.69) is 19.9 Å². The smallest absolute Gasteiger partial charge is 0.227 e. The van der Waals surface area contributed by atoms with E-state index in [1.165, 1.54) is 12.3 Å². The zero-order chi connectivity index (χ0) is 28.4. The molecule has 210 valence electrons. The topological polar surface area (TPSA) is 90.3 Å². The largest absolute Gasteiger partial charge is 0.624 e. The Bertz CT molecular complexity index is 1510. The number of hydroxylamine groups is 1. The quantitative estimate of drug-likeness (QED) is 0.116. The molecule has 0 radical (unpaired) electrons. The van der Waals surface area contributed by atoms with Crippen molar-refractivity contribution in [1.82, 2.24) is 15.0 Å². The minimum absolute atomic E-state index is 0.00138. The molecule has 0 unspecified atom stereocenters. The number of halogens is 3. The molecule has 1 saturated heterocycles. The SMILES string of the molecule is CCc1cnc(N2CCC(COc3c(F)cc(-c4nc5cc(C=[N+]([O-])C(C)C)cc(F)c5o4)cc3F)CC2)nc1. The lowest BCUT2D eigenvalue weighted by atomic mass is 9.98. The second-order valence-electron chi connectivity index (χ2n) is 10.2. The van der Waals surface area contributed by atoms with Gasteiger partial charge in [-0.2, -0.15) is 0 Å². The third-order valence-electron chi connectivity index (χ3n) is 6.96. The molecule has 11 heteroatoms. The Morgan fingerprint density at radius 2 is 1.75 bits per heavy atom. The van der Waals surface area contributed by atoms with E-state index in [9.17, 15) is 18.4 Å². The third-order valence-corrected chi connectivity index (χ3v) is 6.96. The lowest BCUT2D eigenvalue weighted by Gasteiger charge is -2.31. The number of hydrogen-bond donors (Lipinski definition) is 0. The molecule has 0 spiro atoms. The lowest BCUT2D eigenvalue weighted by molar-refractivity contribution is -0.487. The van der Waals surface area contributed by atoms with Gasteiger partial charge in [0.2, 0.25) is 11.8 Å². The highest BCUT2D eigenvalue weighted by Crippen LogP contribution is 2.32. The Hall–Kier alpha value is -4.15. The zero-order valence-electron chi connectivity index (χ0n) is 22.5. The van der Waals surface area contributed by atoms with Crippen molar-refractivity contribution in [2.24, 2.45) is 5.92 Å². The molecule has 1 fully saturated rings. The van der Waals surface area contributed by atoms with Crippen LogP contribution in [0.5, 0.6) is 5.75 Å². The summed E-state index contributed by atoms with van der Waals surface area (Å²) in [7, 11) is 0. The molecular formula is C29H30F3N5O3. The first-order chi connectivity index (χ1) is 19.2. The summed E-state index contributed by atoms with van der Waals surface area (Å²) in [6.07, 6.45) is 7.32. The predicted molar refractivity (Wildman–Crippen MR) is 145 cm³/mol. The van der Waals surface area contributed by atoms with Crippen LogP contribution < -0.4 is 9.64 Å². The van der Waals surface area contributed by atoms with Crippen LogP contribution in [0.2, 0.25) is 0 Å². The summed E-state index contributed by atoms with van der Waals surface area (Å²) in [5, 5.41) is 11.9. The van der Waals surface area contributed by atoms with Crippen LogP contribution >= 0.6 is 0 Å². The maximum Gasteiger partial charge on any atom is 0.227 e. The van der Waals surface area contributed by atoms with Gasteiger partial charge in [0.15, 0.2) is 41.0 Å². The molecule has 2 aromatic carbocycles. The Morgan fingerprint density at radius 1 is 1.07 bits per heavy atom. The third kappa shape index (κ3) is 5.88. The van der Waals surface area contributed by atoms with Gasteiger partial charge >= 0.3 is 0 Å². The maximum absolute atomic E-state index is 14.9. The molecule has 1 aliphatic rings. The Morgan fingerprint density at radius 3 is 2.38 bits per heavy atom. The zero-order valence-corrected chi connectivity index (χ0v) is 22.5. The van der Waals surface area contributed by atoms with Crippen LogP contribution in [0.25, 0.3) is 22.6 Å². The van der Waals surface area contributed by atoms with Crippen LogP contribution in [0, 0.1) is 28.6 Å². The number of fused-ring (bicyclic) bond motifs is 1. The highest BCUT2D eigenvalue weighted by atomic mass is 19.1. The molecule has 4 aromatic rings. The first kappa shape index (κ1) is 27.4. The number of aromatic nitrogens is 3. The molecule has 40 heavy (non-hydrogen) atoms. The van der Waals surface area contributed by atoms with Crippen LogP contribution in [0.1, 0.15) is 44.7 Å². The molecule has 5 rings (SSSR count). The highest BCUT2D eigenvalue weighted by Gasteiger charge is 2.24. The van der Waals surface area contributed by atoms with Crippen LogP contribution in [0.4, 0.5) is 19.1 Å². The molecule has 0 aliphatic carbocycles. The Labute approximate surface area is 229 Å². The molecule has 0 N–H and O–H groups in total. The first-order valence-corrected chi connectivity index (χ1v) is 13.3. The van der Waals surface area contributed by atoms with Crippen molar-refractivity contribution < 1.29 is 27.1 Å². The predicted octanol–water partition coefficient (Wildman–Crippen LogP) is 5.90. The van der Waals surface area contributed by atoms with Crippen molar-refractivity contribution in [3.63, 3.8) is 0 Å². The van der Waals surface area contributed by atoms with Gasteiger partial charge < -0.3 is 19.3 Å². The number of oxazole rings is 1. The first-order valence-electron chi connectivity index (χ1n) is 13.3. The van der Waals surface area contributed by atoms with Gasteiger partial charge in [-0.1, -0.05) is 6.92 Å². The monoisotopic (exact) mass is 553 g/mol. The number of piperidine rings is 1. The van der Waals surface area contributed by atoms with E-state index < -0.39 is 23.2 Å². The van der Waals surface area contributed by atoms with Crippen molar-refractivity contribution in [3.8, 4) is 17.2 Å². The van der Waals surface area contributed by atoms with Crippen LogP contribution in [-0.4, -0.2) is 51.6 Å². The van der Waals surface area contributed by atoms with E-state index in [1.807, 2.05) is 19.3 Å². The van der Waals surface area contributed by atoms with E-state index >= 15 is 0 Å². The number of rotatable bonds is 8. The summed E-state index contributed by atoms with van der Waals surface area (Å²) in [5.74, 6) is -2.39.